The Hall–Kier alpha value is 1.51. The van der Waals surface area contributed by atoms with Crippen molar-refractivity contribution in [1.29, 1.82) is 0 Å². The minimum Gasteiger partial charge on any atom is -0.871 e. The van der Waals surface area contributed by atoms with Gasteiger partial charge in [0.1, 0.15) is 10.1 Å². The van der Waals surface area contributed by atoms with Gasteiger partial charge in [0, 0.05) is 14.9 Å². The average Bonchev–Trinajstić information content (AvgIpc) is 1.94. The summed E-state index contributed by atoms with van der Waals surface area (Å²) in [6.45, 7) is 0. The Morgan fingerprint density at radius 3 is 2.00 bits per heavy atom. The average molecular weight is 287 g/mol. The third-order valence-corrected chi connectivity index (χ3v) is 2.58. The second-order valence-electron chi connectivity index (χ2n) is 2.17. The molecule has 72 valence electrons. The van der Waals surface area contributed by atoms with Crippen LogP contribution in [-0.2, 0) is 10.1 Å². The summed E-state index contributed by atoms with van der Waals surface area (Å²) in [5.74, 6) is -1.03. The van der Waals surface area contributed by atoms with Gasteiger partial charge in [-0.15, -0.1) is 0 Å². The first-order valence-corrected chi connectivity index (χ1v) is 5.11. The Bertz CT molecular complexity index is 449. The van der Waals surface area contributed by atoms with Gasteiger partial charge in [0.05, 0.1) is 0 Å². The summed E-state index contributed by atoms with van der Waals surface area (Å²) < 4.78 is 31.5. The molecule has 0 amide bonds. The Labute approximate surface area is 141 Å². The van der Waals surface area contributed by atoms with E-state index in [-0.39, 0.29) is 69.2 Å². The van der Waals surface area contributed by atoms with E-state index in [1.165, 1.54) is 0 Å². The molecule has 0 spiro atoms. The van der Waals surface area contributed by atoms with E-state index in [0.717, 1.165) is 12.1 Å². The van der Waals surface area contributed by atoms with E-state index < -0.39 is 20.8 Å². The first kappa shape index (κ1) is 18.9. The van der Waals surface area contributed by atoms with Gasteiger partial charge in [0.2, 0.25) is 0 Å². The molecule has 0 heterocycles. The Morgan fingerprint density at radius 2 is 1.60 bits per heavy atom. The molecule has 1 rings (SSSR count). The zero-order valence-electron chi connectivity index (χ0n) is 7.95. The summed E-state index contributed by atoms with van der Waals surface area (Å²) in [6.07, 6.45) is 0. The van der Waals surface area contributed by atoms with E-state index in [9.17, 15) is 18.1 Å². The van der Waals surface area contributed by atoms with Crippen LogP contribution in [0.2, 0.25) is 10.0 Å². The molecule has 0 aliphatic rings. The minimum absolute atomic E-state index is 0. The van der Waals surface area contributed by atoms with Crippen LogP contribution in [0.15, 0.2) is 17.0 Å². The summed E-state index contributed by atoms with van der Waals surface area (Å²) in [5.41, 5.74) is 0. The Balaban J connectivity index is 0. The van der Waals surface area contributed by atoms with Crippen LogP contribution in [-0.4, -0.2) is 13.0 Å². The van der Waals surface area contributed by atoms with Crippen molar-refractivity contribution in [2.45, 2.75) is 4.90 Å². The molecule has 0 aliphatic carbocycles. The van der Waals surface area contributed by atoms with Gasteiger partial charge >= 0.3 is 59.1 Å². The van der Waals surface area contributed by atoms with Crippen LogP contribution in [0.5, 0.6) is 5.75 Å². The number of hydrogen-bond donors (Lipinski definition) is 0. The van der Waals surface area contributed by atoms with Crippen molar-refractivity contribution in [3.05, 3.63) is 22.2 Å². The molecular formula is C6H2Cl2Na2O4S. The molecule has 1 aromatic carbocycles. The van der Waals surface area contributed by atoms with Crippen molar-refractivity contribution in [2.75, 3.05) is 0 Å². The molecule has 1 aromatic rings. The van der Waals surface area contributed by atoms with Gasteiger partial charge in [-0.25, -0.2) is 8.42 Å². The van der Waals surface area contributed by atoms with Crippen LogP contribution in [0.4, 0.5) is 0 Å². The third kappa shape index (κ3) is 5.12. The fraction of sp³-hybridized carbons (Fsp3) is 0. The quantitative estimate of drug-likeness (QED) is 0.382. The molecule has 9 heteroatoms. The van der Waals surface area contributed by atoms with E-state index in [1.807, 2.05) is 0 Å². The molecule has 0 bridgehead atoms. The second kappa shape index (κ2) is 7.06. The molecule has 4 nitrogen and oxygen atoms in total. The van der Waals surface area contributed by atoms with Gasteiger partial charge in [-0.2, -0.15) is 0 Å². The zero-order chi connectivity index (χ0) is 10.2. The topological polar surface area (TPSA) is 80.3 Å². The van der Waals surface area contributed by atoms with E-state index in [4.69, 9.17) is 23.2 Å². The maximum Gasteiger partial charge on any atom is 1.00 e. The van der Waals surface area contributed by atoms with Crippen LogP contribution in [0.1, 0.15) is 0 Å². The molecular weight excluding hydrogens is 285 g/mol. The van der Waals surface area contributed by atoms with Crippen molar-refractivity contribution in [3.8, 4) is 5.75 Å². The van der Waals surface area contributed by atoms with Crippen molar-refractivity contribution in [1.82, 2.24) is 0 Å². The number of hydrogen-bond acceptors (Lipinski definition) is 4. The Morgan fingerprint density at radius 1 is 1.13 bits per heavy atom. The molecule has 0 saturated heterocycles. The monoisotopic (exact) mass is 286 g/mol. The third-order valence-electron chi connectivity index (χ3n) is 1.24. The zero-order valence-corrected chi connectivity index (χ0v) is 14.3. The number of halogens is 2. The predicted octanol–water partition coefficient (Wildman–Crippen LogP) is -5.02. The maximum atomic E-state index is 11.0. The van der Waals surface area contributed by atoms with Gasteiger partial charge < -0.3 is 9.66 Å². The predicted molar refractivity (Wildman–Crippen MR) is 43.9 cm³/mol. The molecule has 0 aromatic heterocycles. The fourth-order valence-corrected chi connectivity index (χ4v) is 1.94. The second-order valence-corrected chi connectivity index (χ2v) is 4.36. The SMILES string of the molecule is O=S(=O)([O-])c1cc(Cl)cc(Cl)c1[O-].[Na+].[Na+]. The molecule has 0 aliphatic heterocycles. The summed E-state index contributed by atoms with van der Waals surface area (Å²) in [6, 6.07) is 1.85. The van der Waals surface area contributed by atoms with Crippen molar-refractivity contribution < 1.29 is 77.2 Å². The molecule has 0 atom stereocenters. The van der Waals surface area contributed by atoms with E-state index >= 15 is 0 Å². The van der Waals surface area contributed by atoms with E-state index in [0.29, 0.717) is 0 Å². The van der Waals surface area contributed by atoms with Crippen LogP contribution in [0.25, 0.3) is 0 Å². The van der Waals surface area contributed by atoms with Crippen molar-refractivity contribution in [2.24, 2.45) is 0 Å². The van der Waals surface area contributed by atoms with Crippen LogP contribution < -0.4 is 64.2 Å². The van der Waals surface area contributed by atoms with Gasteiger partial charge in [-0.1, -0.05) is 29.0 Å². The van der Waals surface area contributed by atoms with Gasteiger partial charge in [0.25, 0.3) is 0 Å². The number of benzene rings is 1. The normalized spacial score (nSPS) is 10.1. The van der Waals surface area contributed by atoms with Gasteiger partial charge in [-0.05, 0) is 12.1 Å². The number of rotatable bonds is 1. The van der Waals surface area contributed by atoms with Crippen LogP contribution in [0, 0.1) is 0 Å². The minimum atomic E-state index is -4.81. The van der Waals surface area contributed by atoms with E-state index in [1.54, 1.807) is 0 Å². The molecule has 0 fully saturated rings. The van der Waals surface area contributed by atoms with Gasteiger partial charge in [-0.3, -0.25) is 0 Å². The Kier molecular flexibility index (Phi) is 8.88. The molecule has 15 heavy (non-hydrogen) atoms. The summed E-state index contributed by atoms with van der Waals surface area (Å²) in [5, 5.41) is 10.5. The maximum absolute atomic E-state index is 11.0. The first-order valence-electron chi connectivity index (χ1n) is 2.94. The fourth-order valence-electron chi connectivity index (χ4n) is 0.722. The first-order chi connectivity index (χ1) is 5.82. The summed E-state index contributed by atoms with van der Waals surface area (Å²) >= 11 is 10.7. The molecule has 0 saturated carbocycles. The van der Waals surface area contributed by atoms with Crippen molar-refractivity contribution >= 4 is 33.3 Å². The van der Waals surface area contributed by atoms with Crippen molar-refractivity contribution in [3.63, 3.8) is 0 Å². The van der Waals surface area contributed by atoms with Gasteiger partial charge in [0.15, 0.2) is 0 Å². The standard InChI is InChI=1S/C6H4Cl2O4S.2Na/c7-3-1-4(8)6(9)5(2-3)13(10,11)12;;/h1-2,9H,(H,10,11,12);;/q;2*+1/p-2. The smallest absolute Gasteiger partial charge is 0.871 e. The van der Waals surface area contributed by atoms with E-state index in [2.05, 4.69) is 0 Å². The molecule has 0 N–H and O–H groups in total. The van der Waals surface area contributed by atoms with Crippen LogP contribution >= 0.6 is 23.2 Å². The largest absolute Gasteiger partial charge is 1.00 e. The summed E-state index contributed by atoms with van der Waals surface area (Å²) in [7, 11) is -4.81. The molecule has 0 unspecified atom stereocenters. The van der Waals surface area contributed by atoms with Crippen LogP contribution in [0.3, 0.4) is 0 Å². The summed E-state index contributed by atoms with van der Waals surface area (Å²) in [4.78, 5) is -0.926. The molecule has 0 radical (unpaired) electrons.